The third-order valence-electron chi connectivity index (χ3n) is 6.57. The summed E-state index contributed by atoms with van der Waals surface area (Å²) in [6, 6.07) is 26.5. The van der Waals surface area contributed by atoms with Crippen LogP contribution in [0.3, 0.4) is 0 Å². The summed E-state index contributed by atoms with van der Waals surface area (Å²) in [5.74, 6) is 1.98. The molecule has 38 heavy (non-hydrogen) atoms. The molecule has 4 aromatic rings. The Morgan fingerprint density at radius 2 is 1.66 bits per heavy atom. The number of amides is 1. The quantitative estimate of drug-likeness (QED) is 0.166. The molecule has 3 aromatic carbocycles. The van der Waals surface area contributed by atoms with Crippen LogP contribution in [-0.2, 0) is 23.2 Å². The van der Waals surface area contributed by atoms with E-state index < -0.39 is 0 Å². The molecule has 0 fully saturated rings. The summed E-state index contributed by atoms with van der Waals surface area (Å²) in [4.78, 5) is 17.1. The molecule has 0 atom stereocenters. The highest BCUT2D eigenvalue weighted by molar-refractivity contribution is 5.91. The number of benzene rings is 3. The molecule has 0 bridgehead atoms. The molecule has 0 spiro atoms. The Hall–Kier alpha value is -3.86. The van der Waals surface area contributed by atoms with E-state index in [1.54, 1.807) is 6.08 Å². The second kappa shape index (κ2) is 13.1. The van der Waals surface area contributed by atoms with Gasteiger partial charge in [0.2, 0.25) is 5.91 Å². The lowest BCUT2D eigenvalue weighted by Gasteiger charge is -2.22. The van der Waals surface area contributed by atoms with Crippen LogP contribution < -0.4 is 10.1 Å². The number of rotatable bonds is 12. The maximum Gasteiger partial charge on any atom is 0.243 e. The summed E-state index contributed by atoms with van der Waals surface area (Å²) in [5, 5.41) is 2.99. The number of hydrogen-bond acceptors (Lipinski definition) is 3. The zero-order valence-corrected chi connectivity index (χ0v) is 22.8. The molecule has 1 amide bonds. The number of nitrogens with zero attached hydrogens (tertiary/aromatic N) is 2. The molecule has 198 valence electrons. The minimum Gasteiger partial charge on any atom is -0.493 e. The van der Waals surface area contributed by atoms with Gasteiger partial charge in [-0.15, -0.1) is 0 Å². The molecular formula is C33H39N3O2. The van der Waals surface area contributed by atoms with Crippen LogP contribution in [0.5, 0.6) is 5.75 Å². The van der Waals surface area contributed by atoms with Crippen LogP contribution in [0.4, 0.5) is 0 Å². The van der Waals surface area contributed by atoms with E-state index in [2.05, 4.69) is 67.1 Å². The Labute approximate surface area is 226 Å². The molecule has 0 aliphatic rings. The van der Waals surface area contributed by atoms with Crippen LogP contribution >= 0.6 is 0 Å². The molecule has 5 nitrogen and oxygen atoms in total. The van der Waals surface area contributed by atoms with E-state index in [1.165, 1.54) is 5.56 Å². The monoisotopic (exact) mass is 509 g/mol. The van der Waals surface area contributed by atoms with Crippen LogP contribution in [0.1, 0.15) is 57.0 Å². The van der Waals surface area contributed by atoms with Gasteiger partial charge in [-0.1, -0.05) is 81.4 Å². The molecule has 0 radical (unpaired) electrons. The van der Waals surface area contributed by atoms with Gasteiger partial charge < -0.3 is 14.6 Å². The van der Waals surface area contributed by atoms with Crippen LogP contribution in [0.15, 0.2) is 84.9 Å². The lowest BCUT2D eigenvalue weighted by molar-refractivity contribution is -0.116. The number of fused-ring (bicyclic) bond motifs is 1. The van der Waals surface area contributed by atoms with E-state index in [4.69, 9.17) is 9.72 Å². The first-order valence-electron chi connectivity index (χ1n) is 13.6. The smallest absolute Gasteiger partial charge is 0.243 e. The number of aryl methyl sites for hydroxylation is 2. The van der Waals surface area contributed by atoms with Crippen molar-refractivity contribution in [2.75, 3.05) is 13.2 Å². The Balaban J connectivity index is 1.28. The standard InChI is InChI=1S/C33H39N3O2/c1-33(2,3)27-16-7-10-19-30(27)38-25-12-11-24-36-29-18-9-8-17-28(29)35-31(36)20-13-23-34-32(37)22-21-26-14-5-4-6-15-26/h4-10,14-19,21-22H,11-13,20,23-25H2,1-3H3,(H,34,37)/b22-21+. The van der Waals surface area contributed by atoms with Crippen molar-refractivity contribution < 1.29 is 9.53 Å². The van der Waals surface area contributed by atoms with Gasteiger partial charge >= 0.3 is 0 Å². The van der Waals surface area contributed by atoms with Gasteiger partial charge in [0.15, 0.2) is 0 Å². The van der Waals surface area contributed by atoms with Crippen molar-refractivity contribution in [3.63, 3.8) is 0 Å². The molecule has 0 unspecified atom stereocenters. The predicted molar refractivity (Wildman–Crippen MR) is 156 cm³/mol. The topological polar surface area (TPSA) is 56.1 Å². The highest BCUT2D eigenvalue weighted by Gasteiger charge is 2.18. The molecule has 0 aliphatic heterocycles. The van der Waals surface area contributed by atoms with Gasteiger partial charge in [0.05, 0.1) is 17.6 Å². The van der Waals surface area contributed by atoms with E-state index in [9.17, 15) is 4.79 Å². The maximum atomic E-state index is 12.2. The molecule has 5 heteroatoms. The number of hydrogen-bond donors (Lipinski definition) is 1. The highest BCUT2D eigenvalue weighted by Crippen LogP contribution is 2.31. The van der Waals surface area contributed by atoms with Gasteiger partial charge in [-0.2, -0.15) is 0 Å². The number of nitrogens with one attached hydrogen (secondary N) is 1. The third kappa shape index (κ3) is 7.58. The van der Waals surface area contributed by atoms with E-state index in [-0.39, 0.29) is 11.3 Å². The molecule has 1 heterocycles. The lowest BCUT2D eigenvalue weighted by Crippen LogP contribution is -2.22. The Morgan fingerprint density at radius 1 is 0.921 bits per heavy atom. The fourth-order valence-corrected chi connectivity index (χ4v) is 4.59. The number of aromatic nitrogens is 2. The highest BCUT2D eigenvalue weighted by atomic mass is 16.5. The molecule has 0 saturated heterocycles. The van der Waals surface area contributed by atoms with Crippen LogP contribution in [0.2, 0.25) is 0 Å². The average molecular weight is 510 g/mol. The first-order valence-corrected chi connectivity index (χ1v) is 13.6. The number of para-hydroxylation sites is 3. The van der Waals surface area contributed by atoms with Gasteiger partial charge in [0.25, 0.3) is 0 Å². The van der Waals surface area contributed by atoms with Crippen molar-refractivity contribution in [3.05, 3.63) is 102 Å². The minimum atomic E-state index is -0.0737. The normalized spacial score (nSPS) is 11.8. The second-order valence-electron chi connectivity index (χ2n) is 10.6. The van der Waals surface area contributed by atoms with E-state index >= 15 is 0 Å². The van der Waals surface area contributed by atoms with Gasteiger partial charge in [0.1, 0.15) is 11.6 Å². The van der Waals surface area contributed by atoms with Crippen LogP contribution in [0.25, 0.3) is 17.1 Å². The Kier molecular flexibility index (Phi) is 9.36. The molecule has 1 aromatic heterocycles. The predicted octanol–water partition coefficient (Wildman–Crippen LogP) is 6.96. The molecule has 1 N–H and O–H groups in total. The molecule has 0 aliphatic carbocycles. The molecular weight excluding hydrogens is 470 g/mol. The zero-order chi connectivity index (χ0) is 26.8. The Bertz CT molecular complexity index is 1350. The maximum absolute atomic E-state index is 12.2. The van der Waals surface area contributed by atoms with Crippen molar-refractivity contribution >= 4 is 23.0 Å². The number of ether oxygens (including phenoxy) is 1. The van der Waals surface area contributed by atoms with Crippen molar-refractivity contribution in [3.8, 4) is 5.75 Å². The van der Waals surface area contributed by atoms with Gasteiger partial charge in [0, 0.05) is 25.6 Å². The SMILES string of the molecule is CC(C)(C)c1ccccc1OCCCCn1c(CCCNC(=O)/C=C/c2ccccc2)nc2ccccc21. The van der Waals surface area contributed by atoms with E-state index in [0.717, 1.165) is 60.4 Å². The van der Waals surface area contributed by atoms with Gasteiger partial charge in [-0.25, -0.2) is 4.98 Å². The summed E-state index contributed by atoms with van der Waals surface area (Å²) >= 11 is 0. The fraction of sp³-hybridized carbons (Fsp3) is 0.333. The first-order chi connectivity index (χ1) is 18.4. The average Bonchev–Trinajstić information content (AvgIpc) is 3.27. The summed E-state index contributed by atoms with van der Waals surface area (Å²) in [6.07, 6.45) is 7.04. The van der Waals surface area contributed by atoms with Crippen molar-refractivity contribution in [2.45, 2.75) is 58.4 Å². The second-order valence-corrected chi connectivity index (χ2v) is 10.6. The zero-order valence-electron chi connectivity index (χ0n) is 22.8. The van der Waals surface area contributed by atoms with E-state index in [0.29, 0.717) is 13.2 Å². The number of unbranched alkanes of at least 4 members (excludes halogenated alkanes) is 1. The lowest BCUT2D eigenvalue weighted by atomic mass is 9.86. The number of carbonyl (C=O) groups excluding carboxylic acids is 1. The number of carbonyl (C=O) groups is 1. The molecule has 0 saturated carbocycles. The van der Waals surface area contributed by atoms with Crippen molar-refractivity contribution in [1.29, 1.82) is 0 Å². The minimum absolute atomic E-state index is 0.0544. The molecule has 4 rings (SSSR count). The summed E-state index contributed by atoms with van der Waals surface area (Å²) in [6.45, 7) is 8.85. The first kappa shape index (κ1) is 27.2. The van der Waals surface area contributed by atoms with Crippen molar-refractivity contribution in [2.24, 2.45) is 0 Å². The van der Waals surface area contributed by atoms with Crippen LogP contribution in [-0.4, -0.2) is 28.6 Å². The number of imidazole rings is 1. The Morgan fingerprint density at radius 3 is 2.47 bits per heavy atom. The summed E-state index contributed by atoms with van der Waals surface area (Å²) in [7, 11) is 0. The summed E-state index contributed by atoms with van der Waals surface area (Å²) in [5.41, 5.74) is 4.49. The van der Waals surface area contributed by atoms with Gasteiger partial charge in [-0.3, -0.25) is 4.79 Å². The largest absolute Gasteiger partial charge is 0.493 e. The van der Waals surface area contributed by atoms with Crippen molar-refractivity contribution in [1.82, 2.24) is 14.9 Å². The van der Waals surface area contributed by atoms with Crippen LogP contribution in [0, 0.1) is 0 Å². The van der Waals surface area contributed by atoms with E-state index in [1.807, 2.05) is 48.5 Å². The summed E-state index contributed by atoms with van der Waals surface area (Å²) < 4.78 is 8.51. The third-order valence-corrected chi connectivity index (χ3v) is 6.57. The van der Waals surface area contributed by atoms with Gasteiger partial charge in [-0.05, 0) is 60.1 Å². The fourth-order valence-electron chi connectivity index (χ4n) is 4.59.